The standard InChI is InChI=1S/C21H19N7OS/c1-2-28(21(29)16-4-3-9-30-16)11-17-25-18-13-6-5-12(14-7-8-23-27-14)10-15(13)24-20(22)19(18)26-17/h3-10H,2,11H2,1H3,(H2,22,24)(H,23,27)(H,25,26). The second kappa shape index (κ2) is 7.27. The molecule has 1 aromatic carbocycles. The highest BCUT2D eigenvalue weighted by atomic mass is 32.1. The zero-order chi connectivity index (χ0) is 20.7. The Morgan fingerprint density at radius 3 is 2.87 bits per heavy atom. The molecule has 0 unspecified atom stereocenters. The lowest BCUT2D eigenvalue weighted by molar-refractivity contribution is 0.0754. The number of aromatic amines is 2. The Kier molecular flexibility index (Phi) is 4.44. The van der Waals surface area contributed by atoms with Crippen LogP contribution in [-0.4, -0.2) is 42.5 Å². The highest BCUT2D eigenvalue weighted by Gasteiger charge is 2.19. The van der Waals surface area contributed by atoms with E-state index in [4.69, 9.17) is 10.7 Å². The number of nitrogens with one attached hydrogen (secondary N) is 2. The number of rotatable bonds is 5. The summed E-state index contributed by atoms with van der Waals surface area (Å²) in [5, 5.41) is 9.76. The van der Waals surface area contributed by atoms with Crippen molar-refractivity contribution in [2.45, 2.75) is 13.5 Å². The number of anilines is 1. The zero-order valence-electron chi connectivity index (χ0n) is 16.2. The number of aromatic nitrogens is 5. The molecule has 0 aliphatic heterocycles. The van der Waals surface area contributed by atoms with E-state index in [9.17, 15) is 4.79 Å². The molecule has 0 spiro atoms. The Balaban J connectivity index is 1.54. The van der Waals surface area contributed by atoms with Crippen LogP contribution in [0.5, 0.6) is 0 Å². The molecule has 4 aromatic heterocycles. The van der Waals surface area contributed by atoms with Crippen molar-refractivity contribution < 1.29 is 4.79 Å². The maximum absolute atomic E-state index is 12.7. The van der Waals surface area contributed by atoms with Gasteiger partial charge < -0.3 is 15.6 Å². The number of nitrogens with two attached hydrogens (primary N) is 1. The minimum Gasteiger partial charge on any atom is -0.382 e. The van der Waals surface area contributed by atoms with Gasteiger partial charge in [0.25, 0.3) is 5.91 Å². The minimum atomic E-state index is -0.00638. The monoisotopic (exact) mass is 417 g/mol. The highest BCUT2D eigenvalue weighted by Crippen LogP contribution is 2.29. The van der Waals surface area contributed by atoms with Crippen LogP contribution in [0.15, 0.2) is 48.0 Å². The van der Waals surface area contributed by atoms with Gasteiger partial charge in [0.1, 0.15) is 22.7 Å². The molecule has 9 heteroatoms. The summed E-state index contributed by atoms with van der Waals surface area (Å²) in [5.41, 5.74) is 10.3. The van der Waals surface area contributed by atoms with E-state index in [1.54, 1.807) is 11.1 Å². The van der Waals surface area contributed by atoms with Crippen molar-refractivity contribution in [2.24, 2.45) is 0 Å². The summed E-state index contributed by atoms with van der Waals surface area (Å²) >= 11 is 1.44. The summed E-state index contributed by atoms with van der Waals surface area (Å²) in [6, 6.07) is 11.6. The number of hydrogen-bond donors (Lipinski definition) is 3. The summed E-state index contributed by atoms with van der Waals surface area (Å²) < 4.78 is 0. The number of imidazole rings is 1. The second-order valence-electron chi connectivity index (χ2n) is 6.90. The van der Waals surface area contributed by atoms with Crippen molar-refractivity contribution in [3.63, 3.8) is 0 Å². The number of carbonyl (C=O) groups excluding carboxylic acids is 1. The molecule has 0 bridgehead atoms. The van der Waals surface area contributed by atoms with Crippen LogP contribution in [-0.2, 0) is 6.54 Å². The Hall–Kier alpha value is -3.72. The minimum absolute atomic E-state index is 0.00638. The number of H-pyrrole nitrogens is 2. The smallest absolute Gasteiger partial charge is 0.264 e. The zero-order valence-corrected chi connectivity index (χ0v) is 17.0. The number of carbonyl (C=O) groups is 1. The SMILES string of the molecule is CCN(Cc1nc2c([nH]1)c(N)nc1cc(-c3ccn[nH]3)ccc12)C(=O)c1cccs1. The number of nitrogens with zero attached hydrogens (tertiary/aromatic N) is 4. The second-order valence-corrected chi connectivity index (χ2v) is 7.85. The van der Waals surface area contributed by atoms with Crippen molar-refractivity contribution in [1.82, 2.24) is 30.0 Å². The number of pyridine rings is 1. The number of amides is 1. The molecule has 0 radical (unpaired) electrons. The van der Waals surface area contributed by atoms with Gasteiger partial charge in [0.2, 0.25) is 0 Å². The molecular formula is C21H19N7OS. The molecule has 1 amide bonds. The number of hydrogen-bond acceptors (Lipinski definition) is 6. The summed E-state index contributed by atoms with van der Waals surface area (Å²) in [5.74, 6) is 1.05. The number of benzene rings is 1. The molecule has 0 saturated heterocycles. The van der Waals surface area contributed by atoms with Gasteiger partial charge in [-0.25, -0.2) is 9.97 Å². The molecule has 0 aliphatic carbocycles. The van der Waals surface area contributed by atoms with Gasteiger partial charge in [-0.2, -0.15) is 5.10 Å². The molecule has 0 fully saturated rings. The van der Waals surface area contributed by atoms with E-state index in [-0.39, 0.29) is 5.91 Å². The van der Waals surface area contributed by atoms with E-state index in [1.807, 2.05) is 48.7 Å². The van der Waals surface area contributed by atoms with Crippen LogP contribution in [0.3, 0.4) is 0 Å². The van der Waals surface area contributed by atoms with Crippen molar-refractivity contribution >= 4 is 45.0 Å². The lowest BCUT2D eigenvalue weighted by Gasteiger charge is -2.18. The summed E-state index contributed by atoms with van der Waals surface area (Å²) in [7, 11) is 0. The van der Waals surface area contributed by atoms with Crippen LogP contribution in [0.1, 0.15) is 22.4 Å². The van der Waals surface area contributed by atoms with Crippen LogP contribution in [0.4, 0.5) is 5.82 Å². The normalized spacial score (nSPS) is 11.4. The third-order valence-corrected chi connectivity index (χ3v) is 5.91. The molecule has 5 aromatic rings. The van der Waals surface area contributed by atoms with Gasteiger partial charge in [-0.05, 0) is 36.6 Å². The van der Waals surface area contributed by atoms with E-state index in [0.29, 0.717) is 35.1 Å². The summed E-state index contributed by atoms with van der Waals surface area (Å²) in [6.45, 7) is 2.90. The molecule has 0 saturated carbocycles. The Bertz CT molecular complexity index is 1340. The first-order valence-electron chi connectivity index (χ1n) is 9.54. The average Bonchev–Trinajstić information content (AvgIpc) is 3.53. The van der Waals surface area contributed by atoms with Crippen LogP contribution in [0.25, 0.3) is 33.2 Å². The molecule has 30 heavy (non-hydrogen) atoms. The van der Waals surface area contributed by atoms with Gasteiger partial charge in [0.05, 0.1) is 22.6 Å². The lowest BCUT2D eigenvalue weighted by Crippen LogP contribution is -2.30. The predicted octanol–water partition coefficient (Wildman–Crippen LogP) is 3.81. The molecule has 5 rings (SSSR count). The molecule has 0 aliphatic rings. The van der Waals surface area contributed by atoms with E-state index in [1.165, 1.54) is 11.3 Å². The van der Waals surface area contributed by atoms with Crippen molar-refractivity contribution in [2.75, 3.05) is 12.3 Å². The number of fused-ring (bicyclic) bond motifs is 3. The highest BCUT2D eigenvalue weighted by molar-refractivity contribution is 7.12. The van der Waals surface area contributed by atoms with Crippen LogP contribution in [0.2, 0.25) is 0 Å². The van der Waals surface area contributed by atoms with Gasteiger partial charge in [-0.3, -0.25) is 9.89 Å². The molecule has 150 valence electrons. The van der Waals surface area contributed by atoms with Crippen LogP contribution in [0, 0.1) is 0 Å². The van der Waals surface area contributed by atoms with E-state index >= 15 is 0 Å². The summed E-state index contributed by atoms with van der Waals surface area (Å²) in [6.07, 6.45) is 1.71. The number of nitrogen functional groups attached to an aromatic ring is 1. The third-order valence-electron chi connectivity index (χ3n) is 5.06. The van der Waals surface area contributed by atoms with Gasteiger partial charge in [0, 0.05) is 23.7 Å². The van der Waals surface area contributed by atoms with Gasteiger partial charge in [-0.1, -0.05) is 12.1 Å². The van der Waals surface area contributed by atoms with E-state index in [0.717, 1.165) is 27.7 Å². The Labute approximate surface area is 175 Å². The van der Waals surface area contributed by atoms with Gasteiger partial charge in [-0.15, -0.1) is 11.3 Å². The fraction of sp³-hybridized carbons (Fsp3) is 0.143. The first-order chi connectivity index (χ1) is 14.6. The van der Waals surface area contributed by atoms with Gasteiger partial charge >= 0.3 is 0 Å². The maximum atomic E-state index is 12.7. The predicted molar refractivity (Wildman–Crippen MR) is 118 cm³/mol. The van der Waals surface area contributed by atoms with Crippen LogP contribution >= 0.6 is 11.3 Å². The number of thiophene rings is 1. The van der Waals surface area contributed by atoms with Crippen molar-refractivity contribution in [3.05, 3.63) is 58.7 Å². The third kappa shape index (κ3) is 3.09. The molecule has 4 heterocycles. The lowest BCUT2D eigenvalue weighted by atomic mass is 10.1. The van der Waals surface area contributed by atoms with E-state index < -0.39 is 0 Å². The average molecular weight is 417 g/mol. The van der Waals surface area contributed by atoms with Crippen LogP contribution < -0.4 is 5.73 Å². The van der Waals surface area contributed by atoms with Crippen molar-refractivity contribution in [1.29, 1.82) is 0 Å². The molecule has 4 N–H and O–H groups in total. The first kappa shape index (κ1) is 18.3. The van der Waals surface area contributed by atoms with Crippen molar-refractivity contribution in [3.8, 4) is 11.3 Å². The topological polar surface area (TPSA) is 117 Å². The molecule has 0 atom stereocenters. The maximum Gasteiger partial charge on any atom is 0.264 e. The molecular weight excluding hydrogens is 398 g/mol. The quantitative estimate of drug-likeness (QED) is 0.402. The first-order valence-corrected chi connectivity index (χ1v) is 10.4. The Morgan fingerprint density at radius 2 is 2.13 bits per heavy atom. The van der Waals surface area contributed by atoms with Gasteiger partial charge in [0.15, 0.2) is 0 Å². The fourth-order valence-corrected chi connectivity index (χ4v) is 4.23. The summed E-state index contributed by atoms with van der Waals surface area (Å²) in [4.78, 5) is 27.8. The largest absolute Gasteiger partial charge is 0.382 e. The fourth-order valence-electron chi connectivity index (χ4n) is 3.54. The van der Waals surface area contributed by atoms with E-state index in [2.05, 4.69) is 20.2 Å². The Morgan fingerprint density at radius 1 is 1.23 bits per heavy atom. The molecule has 8 nitrogen and oxygen atoms in total.